The van der Waals surface area contributed by atoms with Crippen LogP contribution in [0.1, 0.15) is 10.7 Å². The molecule has 0 radical (unpaired) electrons. The second kappa shape index (κ2) is 8.64. The molecule has 1 rings (SSSR count). The second-order valence-corrected chi connectivity index (χ2v) is 4.78. The first kappa shape index (κ1) is 16.6. The summed E-state index contributed by atoms with van der Waals surface area (Å²) in [4.78, 5) is 25.3. The summed E-state index contributed by atoms with van der Waals surface area (Å²) in [6.45, 7) is 4.94. The molecule has 1 aromatic heterocycles. The highest BCUT2D eigenvalue weighted by Crippen LogP contribution is 2.10. The van der Waals surface area contributed by atoms with Gasteiger partial charge in [0, 0.05) is 10.3 Å². The fourth-order valence-corrected chi connectivity index (χ4v) is 1.83. The molecule has 0 bridgehead atoms. The van der Waals surface area contributed by atoms with E-state index in [9.17, 15) is 14.9 Å². The summed E-state index contributed by atoms with van der Waals surface area (Å²) in [6.07, 6.45) is 4.43. The predicted molar refractivity (Wildman–Crippen MR) is 77.4 cm³/mol. The van der Waals surface area contributed by atoms with Crippen molar-refractivity contribution in [3.8, 4) is 0 Å². The van der Waals surface area contributed by atoms with Crippen molar-refractivity contribution < 1.29 is 19.2 Å². The molecule has 0 N–H and O–H groups in total. The lowest BCUT2D eigenvalue weighted by Gasteiger charge is -2.04. The van der Waals surface area contributed by atoms with Crippen LogP contribution in [0.4, 0.5) is 4.79 Å². The fourth-order valence-electron chi connectivity index (χ4n) is 1.23. The molecule has 8 heteroatoms. The van der Waals surface area contributed by atoms with Gasteiger partial charge in [-0.2, -0.15) is 0 Å². The van der Waals surface area contributed by atoms with Crippen molar-refractivity contribution in [2.24, 2.45) is 0 Å². The molecule has 0 unspecified atom stereocenters. The Balaban J connectivity index is 2.48. The average Bonchev–Trinajstić information content (AvgIpc) is 2.82. The number of thiazole rings is 1. The van der Waals surface area contributed by atoms with Gasteiger partial charge in [0.05, 0.1) is 10.7 Å². The van der Waals surface area contributed by atoms with Crippen molar-refractivity contribution >= 4 is 17.5 Å². The highest BCUT2D eigenvalue weighted by molar-refractivity contribution is 7.09. The predicted octanol–water partition coefficient (Wildman–Crippen LogP) is 3.01. The number of allylic oxidation sites excluding steroid dienone is 3. The number of nitrogens with zero attached hydrogens (tertiary/aromatic N) is 2. The van der Waals surface area contributed by atoms with Gasteiger partial charge in [-0.05, 0) is 25.2 Å². The molecule has 0 atom stereocenters. The quantitative estimate of drug-likeness (QED) is 0.253. The number of carbonyl (C=O) groups is 1. The van der Waals surface area contributed by atoms with Gasteiger partial charge in [0.2, 0.25) is 6.54 Å². The zero-order chi connectivity index (χ0) is 15.7. The summed E-state index contributed by atoms with van der Waals surface area (Å²) in [5, 5.41) is 12.8. The van der Waals surface area contributed by atoms with E-state index in [0.717, 1.165) is 5.01 Å². The molecule has 7 nitrogen and oxygen atoms in total. The second-order valence-electron chi connectivity index (χ2n) is 3.72. The first-order valence-corrected chi connectivity index (χ1v) is 6.76. The lowest BCUT2D eigenvalue weighted by atomic mass is 10.4. The molecule has 0 saturated carbocycles. The van der Waals surface area contributed by atoms with E-state index in [1.54, 1.807) is 5.38 Å². The Bertz CT molecular complexity index is 577. The first-order valence-electron chi connectivity index (χ1n) is 5.88. The molecule has 0 spiro atoms. The average molecular weight is 310 g/mol. The van der Waals surface area contributed by atoms with Crippen molar-refractivity contribution in [2.45, 2.75) is 13.5 Å². The normalized spacial score (nSPS) is 11.4. The van der Waals surface area contributed by atoms with E-state index in [2.05, 4.69) is 11.6 Å². The van der Waals surface area contributed by atoms with Gasteiger partial charge in [0.25, 0.3) is 0 Å². The highest BCUT2D eigenvalue weighted by atomic mass is 32.1. The molecule has 0 saturated heterocycles. The Labute approximate surface area is 125 Å². The third kappa shape index (κ3) is 7.02. The van der Waals surface area contributed by atoms with Gasteiger partial charge in [-0.15, -0.1) is 11.3 Å². The van der Waals surface area contributed by atoms with E-state index in [1.165, 1.54) is 35.6 Å². The van der Waals surface area contributed by atoms with E-state index in [0.29, 0.717) is 5.69 Å². The number of nitro groups is 1. The Hall–Kier alpha value is -2.48. The molecular weight excluding hydrogens is 296 g/mol. The third-order valence-corrected chi connectivity index (χ3v) is 2.85. The molecule has 0 aliphatic carbocycles. The summed E-state index contributed by atoms with van der Waals surface area (Å²) in [6, 6.07) is 0. The number of hydrogen-bond donors (Lipinski definition) is 0. The van der Waals surface area contributed by atoms with Crippen LogP contribution in [0.15, 0.2) is 42.0 Å². The molecular formula is C13H14N2O5S. The largest absolute Gasteiger partial charge is 0.514 e. The van der Waals surface area contributed by atoms with Gasteiger partial charge in [-0.1, -0.05) is 12.7 Å². The molecule has 21 heavy (non-hydrogen) atoms. The minimum absolute atomic E-state index is 0.00313. The summed E-state index contributed by atoms with van der Waals surface area (Å²) in [5.41, 5.74) is 0.632. The summed E-state index contributed by atoms with van der Waals surface area (Å²) < 4.78 is 9.78. The number of ether oxygens (including phenoxy) is 2. The topological polar surface area (TPSA) is 91.6 Å². The summed E-state index contributed by atoms with van der Waals surface area (Å²) >= 11 is 1.45. The van der Waals surface area contributed by atoms with Gasteiger partial charge in [-0.3, -0.25) is 10.1 Å². The Morgan fingerprint density at radius 1 is 1.62 bits per heavy atom. The van der Waals surface area contributed by atoms with Crippen molar-refractivity contribution in [3.05, 3.63) is 62.8 Å². The monoisotopic (exact) mass is 310 g/mol. The number of carbonyl (C=O) groups excluding carboxylic acids is 1. The van der Waals surface area contributed by atoms with Gasteiger partial charge in [-0.25, -0.2) is 9.78 Å². The molecule has 0 aromatic carbocycles. The van der Waals surface area contributed by atoms with Crippen LogP contribution in [0.2, 0.25) is 0 Å². The van der Waals surface area contributed by atoms with Crippen LogP contribution in [0.25, 0.3) is 0 Å². The molecule has 0 amide bonds. The van der Waals surface area contributed by atoms with E-state index >= 15 is 0 Å². The molecule has 0 aliphatic rings. The standard InChI is InChI=1S/C13H14N2O5S/c1-3-5-12(6-4-7-15(17)18)20-13(16)19-8-11-9-21-10(2)14-11/h3-6,9H,1,7-8H2,2H3/b6-4-,12-5+. The van der Waals surface area contributed by atoms with Crippen molar-refractivity contribution in [1.82, 2.24) is 4.98 Å². The minimum Gasteiger partial charge on any atom is -0.427 e. The molecule has 112 valence electrons. The lowest BCUT2D eigenvalue weighted by molar-refractivity contribution is -0.468. The Kier molecular flexibility index (Phi) is 6.82. The highest BCUT2D eigenvalue weighted by Gasteiger charge is 2.08. The number of aryl methyl sites for hydroxylation is 1. The zero-order valence-electron chi connectivity index (χ0n) is 11.4. The van der Waals surface area contributed by atoms with Gasteiger partial charge >= 0.3 is 6.16 Å². The third-order valence-electron chi connectivity index (χ3n) is 2.02. The van der Waals surface area contributed by atoms with Gasteiger partial charge in [0.1, 0.15) is 12.4 Å². The molecule has 0 aliphatic heterocycles. The number of aromatic nitrogens is 1. The van der Waals surface area contributed by atoms with Crippen LogP contribution in [-0.4, -0.2) is 22.6 Å². The maximum Gasteiger partial charge on any atom is 0.514 e. The van der Waals surface area contributed by atoms with E-state index in [4.69, 9.17) is 9.47 Å². The van der Waals surface area contributed by atoms with Crippen LogP contribution in [0.5, 0.6) is 0 Å². The van der Waals surface area contributed by atoms with Crippen LogP contribution < -0.4 is 0 Å². The molecule has 0 fully saturated rings. The maximum atomic E-state index is 11.5. The maximum absolute atomic E-state index is 11.5. The van der Waals surface area contributed by atoms with Gasteiger partial charge < -0.3 is 9.47 Å². The molecule has 1 heterocycles. The van der Waals surface area contributed by atoms with Crippen molar-refractivity contribution in [3.63, 3.8) is 0 Å². The summed E-state index contributed by atoms with van der Waals surface area (Å²) in [5.74, 6) is 0.103. The number of hydrogen-bond acceptors (Lipinski definition) is 7. The Morgan fingerprint density at radius 3 is 2.95 bits per heavy atom. The van der Waals surface area contributed by atoms with Crippen LogP contribution in [0, 0.1) is 17.0 Å². The summed E-state index contributed by atoms with van der Waals surface area (Å²) in [7, 11) is 0. The first-order chi connectivity index (χ1) is 10.0. The van der Waals surface area contributed by atoms with Crippen LogP contribution in [0.3, 0.4) is 0 Å². The number of rotatable bonds is 7. The lowest BCUT2D eigenvalue weighted by Crippen LogP contribution is -2.07. The van der Waals surface area contributed by atoms with E-state index < -0.39 is 11.1 Å². The van der Waals surface area contributed by atoms with E-state index in [-0.39, 0.29) is 18.9 Å². The van der Waals surface area contributed by atoms with Crippen molar-refractivity contribution in [2.75, 3.05) is 6.54 Å². The van der Waals surface area contributed by atoms with E-state index in [1.807, 2.05) is 6.92 Å². The van der Waals surface area contributed by atoms with Crippen LogP contribution in [-0.2, 0) is 16.1 Å². The Morgan fingerprint density at radius 2 is 2.38 bits per heavy atom. The van der Waals surface area contributed by atoms with Gasteiger partial charge in [0.15, 0.2) is 0 Å². The smallest absolute Gasteiger partial charge is 0.427 e. The zero-order valence-corrected chi connectivity index (χ0v) is 12.2. The minimum atomic E-state index is -0.917. The van der Waals surface area contributed by atoms with Crippen molar-refractivity contribution in [1.29, 1.82) is 0 Å². The molecule has 1 aromatic rings. The van der Waals surface area contributed by atoms with Crippen LogP contribution >= 0.6 is 11.3 Å². The SMILES string of the molecule is C=C/C=C(\C=C/C[N+](=O)[O-])OC(=O)OCc1csc(C)n1. The fraction of sp³-hybridized carbons (Fsp3) is 0.231.